The van der Waals surface area contributed by atoms with E-state index < -0.39 is 0 Å². The van der Waals surface area contributed by atoms with Gasteiger partial charge >= 0.3 is 0 Å². The van der Waals surface area contributed by atoms with Crippen molar-refractivity contribution in [1.82, 2.24) is 9.78 Å². The highest BCUT2D eigenvalue weighted by Gasteiger charge is 2.11. The first-order valence-electron chi connectivity index (χ1n) is 4.43. The third kappa shape index (κ3) is 1.15. The number of aromatic amines is 1. The number of nitrogens with one attached hydrogen (secondary N) is 1. The maximum atomic E-state index is 13.4. The van der Waals surface area contributed by atoms with Gasteiger partial charge in [-0.1, -0.05) is 13.8 Å². The van der Waals surface area contributed by atoms with E-state index in [9.17, 15) is 4.39 Å². The van der Waals surface area contributed by atoms with Crippen molar-refractivity contribution in [1.29, 1.82) is 0 Å². The fourth-order valence-corrected chi connectivity index (χ4v) is 1.58. The molecule has 0 unspecified atom stereocenters. The molecule has 0 saturated carbocycles. The summed E-state index contributed by atoms with van der Waals surface area (Å²) in [6.07, 6.45) is 0. The molecule has 2 aromatic rings. The number of aromatic nitrogens is 2. The van der Waals surface area contributed by atoms with E-state index in [1.54, 1.807) is 6.07 Å². The fraction of sp³-hybridized carbons (Fsp3) is 0.400. The normalized spacial score (nSPS) is 11.8. The lowest BCUT2D eigenvalue weighted by atomic mass is 10.0. The van der Waals surface area contributed by atoms with Crippen molar-refractivity contribution in [3.05, 3.63) is 23.5 Å². The summed E-state index contributed by atoms with van der Waals surface area (Å²) in [6.45, 7) is 3.99. The molecular weight excluding hydrogens is 167 g/mol. The van der Waals surface area contributed by atoms with Gasteiger partial charge in [-0.15, -0.1) is 0 Å². The van der Waals surface area contributed by atoms with E-state index in [2.05, 4.69) is 5.10 Å². The predicted molar refractivity (Wildman–Crippen MR) is 53.4 cm³/mol. The molecule has 1 N–H and O–H groups in total. The molecule has 0 radical (unpaired) electrons. The Kier molecular flexibility index (Phi) is 1.68. The molecule has 1 aromatic carbocycles. The minimum Gasteiger partial charge on any atom is -0.296 e. The third-order valence-corrected chi connectivity index (χ3v) is 2.39. The van der Waals surface area contributed by atoms with E-state index in [-0.39, 0.29) is 13.2 Å². The number of hydrogen-bond acceptors (Lipinski definition) is 0. The number of halogens is 1. The second-order valence-electron chi connectivity index (χ2n) is 3.72. The average molecular weight is 182 g/mol. The Morgan fingerprint density at radius 2 is 2.15 bits per heavy atom. The van der Waals surface area contributed by atoms with E-state index >= 15 is 0 Å². The fourth-order valence-electron chi connectivity index (χ4n) is 1.58. The summed E-state index contributed by atoms with van der Waals surface area (Å²) in [5.41, 5.74) is 2.73. The van der Waals surface area contributed by atoms with Gasteiger partial charge < -0.3 is 0 Å². The van der Waals surface area contributed by atoms with Gasteiger partial charge in [0.15, 0.2) is 0 Å². The molecule has 0 atom stereocenters. The topological polar surface area (TPSA) is 20.7 Å². The van der Waals surface area contributed by atoms with E-state index in [0.717, 1.165) is 16.6 Å². The van der Waals surface area contributed by atoms with Crippen LogP contribution in [-0.4, -0.2) is 9.78 Å². The number of benzene rings is 1. The van der Waals surface area contributed by atoms with Crippen LogP contribution >= 0.6 is 0 Å². The van der Waals surface area contributed by atoms with Crippen LogP contribution < -0.4 is 0 Å². The molecule has 0 saturated heterocycles. The van der Waals surface area contributed by atoms with Gasteiger partial charge in [-0.05, 0) is 17.5 Å². The summed E-state index contributed by atoms with van der Waals surface area (Å²) in [4.78, 5) is 0. The third-order valence-electron chi connectivity index (χ3n) is 2.39. The molecule has 13 heavy (non-hydrogen) atoms. The summed E-state index contributed by atoms with van der Waals surface area (Å²) in [7, 11) is 1.87. The van der Waals surface area contributed by atoms with Crippen LogP contribution in [0.4, 0.5) is 4.39 Å². The first-order chi connectivity index (χ1) is 6.09. The minimum absolute atomic E-state index is 0. The van der Waals surface area contributed by atoms with E-state index in [0.29, 0.717) is 0 Å². The molecule has 0 aliphatic carbocycles. The zero-order chi connectivity index (χ0) is 9.59. The van der Waals surface area contributed by atoms with Crippen LogP contribution in [0.2, 0.25) is 0 Å². The van der Waals surface area contributed by atoms with Crippen molar-refractivity contribution in [2.45, 2.75) is 19.8 Å². The highest BCUT2D eigenvalue weighted by molar-refractivity contribution is 5.78. The van der Waals surface area contributed by atoms with Gasteiger partial charge in [0.2, 0.25) is 0 Å². The summed E-state index contributed by atoms with van der Waals surface area (Å²) < 4.78 is 15.2. The minimum atomic E-state index is -0.109. The lowest BCUT2D eigenvalue weighted by molar-refractivity contribution is 0.596. The Bertz CT molecular complexity index is 442. The van der Waals surface area contributed by atoms with Crippen LogP contribution in [0.5, 0.6) is 0 Å². The van der Waals surface area contributed by atoms with Gasteiger partial charge in [-0.3, -0.25) is 9.78 Å². The first-order valence-corrected chi connectivity index (χ1v) is 4.43. The monoisotopic (exact) mass is 182 g/mol. The molecular formula is C10H15FN2. The maximum absolute atomic E-state index is 13.4. The first kappa shape index (κ1) is 8.35. The maximum Gasteiger partial charge on any atom is 0.128 e. The molecule has 0 fully saturated rings. The number of rotatable bonds is 1. The molecule has 3 heteroatoms. The van der Waals surface area contributed by atoms with Crippen LogP contribution in [0, 0.1) is 5.82 Å². The lowest BCUT2D eigenvalue weighted by Crippen LogP contribution is -2.07. The molecule has 0 amide bonds. The average Bonchev–Trinajstić information content (AvgIpc) is 2.06. The Hall–Kier alpha value is -1.25. The van der Waals surface area contributed by atoms with Gasteiger partial charge in [-0.25, -0.2) is 4.39 Å². The summed E-state index contributed by atoms with van der Waals surface area (Å²) in [5, 5.41) is 3.08. The van der Waals surface area contributed by atoms with Crippen LogP contribution in [0.15, 0.2) is 12.1 Å². The molecule has 72 valence electrons. The van der Waals surface area contributed by atoms with Crippen LogP contribution in [-0.2, 0) is 7.05 Å². The number of fused-ring (bicyclic) bond motifs is 1. The van der Waals surface area contributed by atoms with Gasteiger partial charge in [0.05, 0.1) is 11.0 Å². The Labute approximate surface area is 77.8 Å². The molecule has 0 aliphatic heterocycles. The van der Waals surface area contributed by atoms with Crippen molar-refractivity contribution in [3.8, 4) is 0 Å². The predicted octanol–water partition coefficient (Wildman–Crippen LogP) is 3.01. The van der Waals surface area contributed by atoms with E-state index in [1.165, 1.54) is 0 Å². The largest absolute Gasteiger partial charge is 0.296 e. The van der Waals surface area contributed by atoms with Crippen molar-refractivity contribution >= 4 is 11.0 Å². The van der Waals surface area contributed by atoms with E-state index in [4.69, 9.17) is 0 Å². The quantitative estimate of drug-likeness (QED) is 0.700. The molecule has 0 bridgehead atoms. The molecule has 1 aromatic heterocycles. The number of nitrogens with zero attached hydrogens (tertiary/aromatic N) is 1. The molecule has 1 heterocycles. The Morgan fingerprint density at radius 3 is 2.69 bits per heavy atom. The Morgan fingerprint density at radius 1 is 1.46 bits per heavy atom. The summed E-state index contributed by atoms with van der Waals surface area (Å²) in [6, 6.07) is 3.47. The highest BCUT2D eigenvalue weighted by Crippen LogP contribution is 2.24. The van der Waals surface area contributed by atoms with Crippen molar-refractivity contribution in [2.24, 2.45) is 7.05 Å². The zero-order valence-electron chi connectivity index (χ0n) is 8.06. The summed E-state index contributed by atoms with van der Waals surface area (Å²) >= 11 is 0. The highest BCUT2D eigenvalue weighted by atomic mass is 19.1. The van der Waals surface area contributed by atoms with Crippen molar-refractivity contribution < 1.29 is 5.82 Å². The van der Waals surface area contributed by atoms with Gasteiger partial charge in [0.25, 0.3) is 0 Å². The number of H-pyrrole nitrogens is 1. The Balaban J connectivity index is 0.000000980. The second kappa shape index (κ2) is 2.62. The van der Waals surface area contributed by atoms with E-state index in [1.807, 2.05) is 31.6 Å². The molecule has 0 spiro atoms. The SMILES string of the molecule is CC(C)c1cc2[nH]n(C)c2cc1F.[HH]. The molecule has 2 nitrogen and oxygen atoms in total. The standard InChI is InChI=1S/C10H13FN2.H2/c1-6(2)7-4-9-10(5-8(7)11)13(3)12-9;/h4-6,12H,1-3H3;1H. The smallest absolute Gasteiger partial charge is 0.128 e. The van der Waals surface area contributed by atoms with Gasteiger partial charge in [-0.2, -0.15) is 0 Å². The number of hydrogen-bond donors (Lipinski definition) is 1. The van der Waals surface area contributed by atoms with Crippen LogP contribution in [0.25, 0.3) is 11.0 Å². The van der Waals surface area contributed by atoms with Crippen LogP contribution in [0.3, 0.4) is 0 Å². The van der Waals surface area contributed by atoms with Gasteiger partial charge in [0, 0.05) is 14.5 Å². The van der Waals surface area contributed by atoms with Crippen molar-refractivity contribution in [2.75, 3.05) is 0 Å². The zero-order valence-corrected chi connectivity index (χ0v) is 8.06. The van der Waals surface area contributed by atoms with Crippen LogP contribution in [0.1, 0.15) is 26.8 Å². The number of aryl methyl sites for hydroxylation is 1. The van der Waals surface area contributed by atoms with Crippen molar-refractivity contribution in [3.63, 3.8) is 0 Å². The molecule has 2 rings (SSSR count). The van der Waals surface area contributed by atoms with Gasteiger partial charge in [0.1, 0.15) is 5.82 Å². The summed E-state index contributed by atoms with van der Waals surface area (Å²) in [5.74, 6) is 0.125. The second-order valence-corrected chi connectivity index (χ2v) is 3.72. The lowest BCUT2D eigenvalue weighted by Gasteiger charge is -2.15. The molecule has 0 aliphatic rings.